The van der Waals surface area contributed by atoms with E-state index in [2.05, 4.69) is 12.2 Å². The zero-order valence-electron chi connectivity index (χ0n) is 65.7. The van der Waals surface area contributed by atoms with Crippen LogP contribution in [0.15, 0.2) is 60.7 Å². The average molecular weight is 1630 g/mol. The van der Waals surface area contributed by atoms with E-state index in [9.17, 15) is 58.2 Å². The van der Waals surface area contributed by atoms with Gasteiger partial charge in [-0.3, -0.25) is 28.3 Å². The van der Waals surface area contributed by atoms with Gasteiger partial charge in [0.15, 0.2) is 23.7 Å². The van der Waals surface area contributed by atoms with Gasteiger partial charge in [0.2, 0.25) is 0 Å². The number of phosphoric ester groups is 2. The molecule has 7 unspecified atom stereocenters. The molecule has 4 aromatic rings. The second kappa shape index (κ2) is 51.0. The molecule has 5 rings (SSSR count). The van der Waals surface area contributed by atoms with E-state index in [1.54, 1.807) is 19.1 Å². The number of fused-ring (bicyclic) bond motifs is 2. The molecule has 0 aromatic heterocycles. The summed E-state index contributed by atoms with van der Waals surface area (Å²) in [4.78, 5) is 87.9. The number of nitrogens with one attached hydrogen (secondary N) is 3. The number of benzene rings is 4. The van der Waals surface area contributed by atoms with Gasteiger partial charge in [-0.05, 0) is 91.4 Å². The van der Waals surface area contributed by atoms with Crippen LogP contribution in [-0.2, 0) is 78.9 Å². The molecule has 607 valence electrons. The summed E-state index contributed by atoms with van der Waals surface area (Å²) in [7, 11) is 13.0. The van der Waals surface area contributed by atoms with Crippen LogP contribution in [0.4, 0.5) is 21.0 Å². The second-order valence-corrected chi connectivity index (χ2v) is 32.1. The minimum atomic E-state index is -4.66. The number of hydrogen-bond acceptors (Lipinski definition) is 23. The molecule has 1 heterocycles. The summed E-state index contributed by atoms with van der Waals surface area (Å²) in [5.74, 6) is 0.162. The first-order valence-electron chi connectivity index (χ1n) is 36.6. The van der Waals surface area contributed by atoms with Crippen LogP contribution < -0.4 is 39.7 Å². The van der Waals surface area contributed by atoms with Gasteiger partial charge in [-0.25, -0.2) is 4.79 Å². The van der Waals surface area contributed by atoms with Crippen LogP contribution >= 0.6 is 15.6 Å². The van der Waals surface area contributed by atoms with Gasteiger partial charge in [-0.2, -0.15) is 0 Å². The quantitative estimate of drug-likeness (QED) is 0.0119. The molecular formula is C76H128N7O21P2Y-. The van der Waals surface area contributed by atoms with Crippen LogP contribution in [0, 0.1) is 11.8 Å². The van der Waals surface area contributed by atoms with E-state index in [-0.39, 0.29) is 116 Å². The second-order valence-electron chi connectivity index (χ2n) is 29.3. The number of methoxy groups -OCH3 is 1. The predicted molar refractivity (Wildman–Crippen MR) is 412 cm³/mol. The number of anilines is 2. The molecule has 10 atom stereocenters. The zero-order chi connectivity index (χ0) is 78.7. The molecule has 0 spiro atoms. The molecule has 0 saturated carbocycles. The van der Waals surface area contributed by atoms with Gasteiger partial charge in [-0.15, -0.1) is 0 Å². The number of likely N-dealkylation sites (N-methyl/N-ethyl adjacent to an activating group) is 2. The van der Waals surface area contributed by atoms with Gasteiger partial charge in [-0.1, -0.05) is 117 Å². The Morgan fingerprint density at radius 2 is 1.11 bits per heavy atom. The van der Waals surface area contributed by atoms with Crippen LogP contribution in [-0.4, -0.2) is 234 Å². The van der Waals surface area contributed by atoms with Crippen LogP contribution in [0.25, 0.3) is 27.3 Å². The molecule has 0 bridgehead atoms. The summed E-state index contributed by atoms with van der Waals surface area (Å²) in [6.45, 7) is 7.07. The van der Waals surface area contributed by atoms with Crippen molar-refractivity contribution in [3.8, 4) is 11.5 Å². The van der Waals surface area contributed by atoms with Gasteiger partial charge >= 0.3 is 6.09 Å². The number of rotatable bonds is 46. The number of aliphatic hydroxyl groups excluding tert-OH is 3. The van der Waals surface area contributed by atoms with Crippen molar-refractivity contribution in [3.63, 3.8) is 0 Å². The summed E-state index contributed by atoms with van der Waals surface area (Å²) in [6, 6.07) is 17.7. The van der Waals surface area contributed by atoms with Crippen molar-refractivity contribution >= 4 is 78.2 Å². The molecule has 1 fully saturated rings. The Kier molecular flexibility index (Phi) is 47.7. The number of nitrogens with zero attached hydrogens (tertiary/aromatic N) is 4. The fraction of sp³-hybridized carbons (Fsp3) is 0.671. The van der Waals surface area contributed by atoms with Gasteiger partial charge < -0.3 is 102 Å². The predicted octanol–water partition coefficient (Wildman–Crippen LogP) is 11.4. The minimum Gasteiger partial charge on any atom is -0.756 e. The molecule has 107 heavy (non-hydrogen) atoms. The fourth-order valence-electron chi connectivity index (χ4n) is 11.2. The summed E-state index contributed by atoms with van der Waals surface area (Å²) in [5.41, 5.74) is 9.70. The number of urea groups is 1. The number of imide groups is 1. The Hall–Kier alpha value is -4.81. The van der Waals surface area contributed by atoms with E-state index < -0.39 is 70.8 Å². The Bertz CT molecular complexity index is 3390. The molecule has 0 aliphatic carbocycles. The number of amides is 4. The molecule has 28 nitrogen and oxygen atoms in total. The van der Waals surface area contributed by atoms with Crippen LogP contribution in [0.2, 0.25) is 0 Å². The molecule has 4 aromatic carbocycles. The number of phosphoric acid groups is 2. The Balaban J connectivity index is 0.000000854. The molecular weight excluding hydrogens is 1500 g/mol. The van der Waals surface area contributed by atoms with E-state index in [0.29, 0.717) is 63.9 Å². The van der Waals surface area contributed by atoms with Crippen LogP contribution in [0.5, 0.6) is 11.5 Å². The van der Waals surface area contributed by atoms with Crippen LogP contribution in [0.3, 0.4) is 0 Å². The standard InChI is InChI=1S/C37H62N3O8P.C23H35N2O7P.C15H28N2O6.CH4.Y/c1-8-9-10-11-12-13-14-15-16-17-18-19-20-35(41)31-25-30-21-22-32(39(3)4)27-34(30)36(26-31)45-28-33(48-37(42)38-2)29-47-49(43,44)46-24-23-40(5,6)7;1-17(26)19-12-18-8-9-20(24(2)3)14-22(18)23(13-19)30-15-21(29-7)16-32-33(27,28)31-11-10-25(4,5)6;1-3-9(6-12(19)17-15(16)22)4-5-10-8(2)13(20)14(21)11(7-18)23-10;;/h21-22,25-27,33H,8-20,23-24,28-29H2,1-7H3,(H-,38,42,43,44);8-9,12-14,21H,10-11,15-16H2,1-7H3;8-11,13-14,18,20-21H,3-7H2,1-2H3,(H3,16,17,19,22);1H4;/p-1/t33-;21-;8?,9-,10?,11?,13?,14?;;/m111../s1. The third-order valence-corrected chi connectivity index (χ3v) is 19.8. The van der Waals surface area contributed by atoms with Crippen molar-refractivity contribution in [3.05, 3.63) is 77.5 Å². The topological polar surface area (TPSA) is 364 Å². The van der Waals surface area contributed by atoms with Gasteiger partial charge in [0.1, 0.15) is 75.2 Å². The van der Waals surface area contributed by atoms with Crippen LogP contribution in [0.1, 0.15) is 165 Å². The normalized spacial score (nSPS) is 17.7. The number of aliphatic hydroxyl groups is 3. The molecule has 6 N–H and O–H groups in total. The Labute approximate surface area is 661 Å². The first kappa shape index (κ1) is 100. The number of quaternary nitrogens is 2. The van der Waals surface area contributed by atoms with E-state index >= 15 is 0 Å². The first-order valence-corrected chi connectivity index (χ1v) is 39.5. The third-order valence-electron chi connectivity index (χ3n) is 17.9. The monoisotopic (exact) mass is 1630 g/mol. The number of carbonyl (C=O) groups is 5. The van der Waals surface area contributed by atoms with E-state index in [4.69, 9.17) is 47.5 Å². The Morgan fingerprint density at radius 3 is 1.54 bits per heavy atom. The smallest absolute Gasteiger partial charge is 0.407 e. The van der Waals surface area contributed by atoms with E-state index in [1.165, 1.54) is 78.9 Å². The SMILES string of the molecule is C.CCCCCCCCCCCCCCC(=O)c1cc(OC[C@H](COP(=O)([O-])OCC[N+](C)(C)C)OC(=O)NC)c2cc(N(C)C)ccc2c1.CC[C@H](CCC1OC(CO)C(O)C(O)C1C)CC(=O)NC([NH-])=O.CO[C@H](COc1cc(C(C)=O)cc2ccc(N(C)C)cc12)COP(=O)([O-])OCC[N+](C)(C)C.[Y]. The van der Waals surface area contributed by atoms with Gasteiger partial charge in [0, 0.05) is 127 Å². The third kappa shape index (κ3) is 39.8. The van der Waals surface area contributed by atoms with Gasteiger partial charge in [0.25, 0.3) is 15.6 Å². The number of ketones is 2. The molecule has 1 aliphatic rings. The molecule has 1 aliphatic heterocycles. The number of alkyl carbamates (subject to hydrolysis) is 1. The van der Waals surface area contributed by atoms with Crippen molar-refractivity contribution in [2.75, 3.05) is 154 Å². The largest absolute Gasteiger partial charge is 0.756 e. The maximum Gasteiger partial charge on any atom is 0.407 e. The number of carbonyl (C=O) groups excluding carboxylic acids is 5. The first-order chi connectivity index (χ1) is 49.3. The molecule has 1 saturated heterocycles. The number of unbranched alkanes of at least 4 members (excludes halogenated alkanes) is 11. The molecule has 4 amide bonds. The van der Waals surface area contributed by atoms with Gasteiger partial charge in [0.05, 0.1) is 74.3 Å². The Morgan fingerprint density at radius 1 is 0.654 bits per heavy atom. The number of ether oxygens (including phenoxy) is 5. The van der Waals surface area contributed by atoms with E-state index in [0.717, 1.165) is 58.6 Å². The number of hydrogen-bond donors (Lipinski definition) is 5. The van der Waals surface area contributed by atoms with E-state index in [1.807, 2.05) is 141 Å². The van der Waals surface area contributed by atoms with Crippen molar-refractivity contribution in [1.82, 2.24) is 10.6 Å². The average Bonchev–Trinajstić information content (AvgIpc) is 0.810. The van der Waals surface area contributed by atoms with Crippen molar-refractivity contribution in [1.29, 1.82) is 0 Å². The molecule has 31 heteroatoms. The summed E-state index contributed by atoms with van der Waals surface area (Å²) in [6.07, 6.45) is 11.6. The number of Topliss-reactive ketones (excluding diaryl/α,β-unsaturated/α-hetero) is 2. The summed E-state index contributed by atoms with van der Waals surface area (Å²) >= 11 is 0. The van der Waals surface area contributed by atoms with Crippen molar-refractivity contribution < 1.29 is 142 Å². The maximum atomic E-state index is 13.3. The fourth-order valence-corrected chi connectivity index (χ4v) is 12.6. The molecule has 1 radical (unpaired) electrons. The minimum absolute atomic E-state index is 0. The maximum absolute atomic E-state index is 13.3. The zero-order valence-corrected chi connectivity index (χ0v) is 70.4. The van der Waals surface area contributed by atoms with Crippen molar-refractivity contribution in [2.24, 2.45) is 11.8 Å². The van der Waals surface area contributed by atoms with Crippen molar-refractivity contribution in [2.45, 2.75) is 181 Å². The summed E-state index contributed by atoms with van der Waals surface area (Å²) < 4.78 is 74.0. The summed E-state index contributed by atoms with van der Waals surface area (Å²) in [5, 5.41) is 36.6.